The lowest BCUT2D eigenvalue weighted by atomic mass is 10.0. The van der Waals surface area contributed by atoms with Crippen LogP contribution in [0.4, 0.5) is 0 Å². The number of nitrogens with zero attached hydrogens (tertiary/aromatic N) is 1. The lowest BCUT2D eigenvalue weighted by molar-refractivity contribution is -0.000805. The molecule has 0 saturated carbocycles. The molecule has 2 bridgehead atoms. The van der Waals surface area contributed by atoms with Gasteiger partial charge in [0, 0.05) is 30.3 Å². The van der Waals surface area contributed by atoms with E-state index in [4.69, 9.17) is 4.74 Å². The molecule has 0 amide bonds. The van der Waals surface area contributed by atoms with Crippen molar-refractivity contribution in [2.24, 2.45) is 0 Å². The van der Waals surface area contributed by atoms with Crippen molar-refractivity contribution in [3.05, 3.63) is 40.2 Å². The number of piperidine rings is 1. The van der Waals surface area contributed by atoms with Crippen LogP contribution in [0.15, 0.2) is 29.1 Å². The van der Waals surface area contributed by atoms with Gasteiger partial charge in [0.1, 0.15) is 11.9 Å². The maximum Gasteiger partial charge on any atom is 0.347 e. The number of benzene rings is 1. The summed E-state index contributed by atoms with van der Waals surface area (Å²) < 4.78 is 5.57. The number of carbonyl (C=O) groups is 1. The van der Waals surface area contributed by atoms with Gasteiger partial charge < -0.3 is 19.7 Å². The van der Waals surface area contributed by atoms with E-state index in [1.54, 1.807) is 24.3 Å². The average molecular weight is 328 g/mol. The molecule has 2 aliphatic heterocycles. The number of H-pyrrole nitrogens is 1. The minimum atomic E-state index is -0.742. The molecule has 2 fully saturated rings. The zero-order chi connectivity index (χ0) is 16.8. The standard InChI is InChI=1S/C18H20N2O4/c1-20-10-6-7-11(20)9-12(8-10)24-18(23)15-16(21)13-4-2-3-5-14(13)19-17(15)22/h2-5,10-12H,6-9H2,1H3,(H2,19,21,22). The number of fused-ring (bicyclic) bond motifs is 3. The topological polar surface area (TPSA) is 82.6 Å². The van der Waals surface area contributed by atoms with E-state index in [2.05, 4.69) is 16.9 Å². The second kappa shape index (κ2) is 5.63. The van der Waals surface area contributed by atoms with E-state index in [1.165, 1.54) is 0 Å². The predicted molar refractivity (Wildman–Crippen MR) is 89.2 cm³/mol. The van der Waals surface area contributed by atoms with Gasteiger partial charge in [0.15, 0.2) is 5.56 Å². The summed E-state index contributed by atoms with van der Waals surface area (Å²) in [6.45, 7) is 0. The number of aromatic nitrogens is 1. The summed E-state index contributed by atoms with van der Waals surface area (Å²) in [4.78, 5) is 29.7. The Balaban J connectivity index is 1.61. The van der Waals surface area contributed by atoms with Gasteiger partial charge in [-0.15, -0.1) is 0 Å². The Hall–Kier alpha value is -2.34. The normalized spacial score (nSPS) is 26.6. The summed E-state index contributed by atoms with van der Waals surface area (Å²) in [5, 5.41) is 10.8. The van der Waals surface area contributed by atoms with Gasteiger partial charge in [-0.3, -0.25) is 4.79 Å². The van der Waals surface area contributed by atoms with E-state index in [1.807, 2.05) is 0 Å². The Morgan fingerprint density at radius 2 is 1.92 bits per heavy atom. The molecule has 2 saturated heterocycles. The molecule has 0 radical (unpaired) electrons. The first-order valence-corrected chi connectivity index (χ1v) is 8.31. The molecule has 126 valence electrons. The number of para-hydroxylation sites is 1. The van der Waals surface area contributed by atoms with Crippen LogP contribution in [0.1, 0.15) is 36.0 Å². The zero-order valence-electron chi connectivity index (χ0n) is 13.5. The average Bonchev–Trinajstić information content (AvgIpc) is 2.77. The fraction of sp³-hybridized carbons (Fsp3) is 0.444. The number of aromatic amines is 1. The molecule has 2 atom stereocenters. The van der Waals surface area contributed by atoms with Gasteiger partial charge in [0.25, 0.3) is 5.56 Å². The van der Waals surface area contributed by atoms with Crippen molar-refractivity contribution in [2.45, 2.75) is 43.9 Å². The van der Waals surface area contributed by atoms with Crippen LogP contribution in [0.2, 0.25) is 0 Å². The Bertz CT molecular complexity index is 846. The summed E-state index contributed by atoms with van der Waals surface area (Å²) in [5.41, 5.74) is -0.430. The summed E-state index contributed by atoms with van der Waals surface area (Å²) in [5.74, 6) is -1.05. The molecular weight excluding hydrogens is 308 g/mol. The van der Waals surface area contributed by atoms with E-state index in [0.29, 0.717) is 23.0 Å². The van der Waals surface area contributed by atoms with Gasteiger partial charge in [-0.2, -0.15) is 0 Å². The highest BCUT2D eigenvalue weighted by atomic mass is 16.5. The van der Waals surface area contributed by atoms with Crippen LogP contribution in [0.5, 0.6) is 5.75 Å². The van der Waals surface area contributed by atoms with Crippen LogP contribution in [0.25, 0.3) is 10.9 Å². The fourth-order valence-electron chi connectivity index (χ4n) is 4.08. The van der Waals surface area contributed by atoms with Crippen LogP contribution < -0.4 is 5.56 Å². The third-order valence-electron chi connectivity index (χ3n) is 5.43. The molecule has 0 aliphatic carbocycles. The highest BCUT2D eigenvalue weighted by Crippen LogP contribution is 2.36. The quantitative estimate of drug-likeness (QED) is 0.824. The number of hydrogen-bond donors (Lipinski definition) is 2. The van der Waals surface area contributed by atoms with Crippen molar-refractivity contribution >= 4 is 16.9 Å². The van der Waals surface area contributed by atoms with E-state index in [9.17, 15) is 14.7 Å². The molecule has 1 aromatic heterocycles. The lowest BCUT2D eigenvalue weighted by Gasteiger charge is -2.35. The predicted octanol–water partition coefficient (Wildman–Crippen LogP) is 2.02. The van der Waals surface area contributed by atoms with Gasteiger partial charge in [-0.1, -0.05) is 12.1 Å². The van der Waals surface area contributed by atoms with E-state index >= 15 is 0 Å². The van der Waals surface area contributed by atoms with Gasteiger partial charge in [-0.05, 0) is 32.0 Å². The number of carbonyl (C=O) groups excluding carboxylic acids is 1. The van der Waals surface area contributed by atoms with Gasteiger partial charge >= 0.3 is 5.97 Å². The van der Waals surface area contributed by atoms with Crippen LogP contribution in [-0.2, 0) is 4.74 Å². The number of rotatable bonds is 2. The third-order valence-corrected chi connectivity index (χ3v) is 5.43. The molecule has 4 rings (SSSR count). The van der Waals surface area contributed by atoms with Crippen LogP contribution in [-0.4, -0.2) is 46.2 Å². The largest absolute Gasteiger partial charge is 0.506 e. The SMILES string of the molecule is CN1C2CCC1CC(OC(=O)c1c(O)c3ccccc3[nH]c1=O)C2. The molecule has 2 aliphatic rings. The van der Waals surface area contributed by atoms with E-state index in [0.717, 1.165) is 25.7 Å². The number of aromatic hydroxyl groups is 1. The van der Waals surface area contributed by atoms with Crippen LogP contribution in [0.3, 0.4) is 0 Å². The van der Waals surface area contributed by atoms with Crippen molar-refractivity contribution in [1.29, 1.82) is 0 Å². The number of hydrogen-bond acceptors (Lipinski definition) is 5. The molecule has 3 heterocycles. The van der Waals surface area contributed by atoms with Crippen molar-refractivity contribution in [3.8, 4) is 5.75 Å². The molecule has 1 aromatic carbocycles. The maximum absolute atomic E-state index is 12.5. The van der Waals surface area contributed by atoms with Crippen molar-refractivity contribution in [3.63, 3.8) is 0 Å². The number of nitrogens with one attached hydrogen (secondary N) is 1. The first-order chi connectivity index (χ1) is 11.5. The first-order valence-electron chi connectivity index (χ1n) is 8.31. The smallest absolute Gasteiger partial charge is 0.347 e. The highest BCUT2D eigenvalue weighted by Gasteiger charge is 2.40. The molecule has 24 heavy (non-hydrogen) atoms. The van der Waals surface area contributed by atoms with Gasteiger partial charge in [0.05, 0.1) is 5.52 Å². The molecule has 2 N–H and O–H groups in total. The van der Waals surface area contributed by atoms with Gasteiger partial charge in [0.2, 0.25) is 0 Å². The Morgan fingerprint density at radius 3 is 2.62 bits per heavy atom. The summed E-state index contributed by atoms with van der Waals surface area (Å²) in [6, 6.07) is 7.71. The monoisotopic (exact) mass is 328 g/mol. The first kappa shape index (κ1) is 15.2. The Morgan fingerprint density at radius 1 is 1.25 bits per heavy atom. The molecule has 2 unspecified atom stereocenters. The third kappa shape index (κ3) is 2.38. The van der Waals surface area contributed by atoms with Gasteiger partial charge in [-0.25, -0.2) is 4.79 Å². The Kier molecular flexibility index (Phi) is 3.57. The minimum absolute atomic E-state index is 0.198. The highest BCUT2D eigenvalue weighted by molar-refractivity contribution is 5.99. The van der Waals surface area contributed by atoms with Crippen molar-refractivity contribution in [2.75, 3.05) is 7.05 Å². The molecule has 0 spiro atoms. The molecule has 6 heteroatoms. The summed E-state index contributed by atoms with van der Waals surface area (Å²) in [6.07, 6.45) is 3.61. The maximum atomic E-state index is 12.5. The lowest BCUT2D eigenvalue weighted by Crippen LogP contribution is -2.43. The van der Waals surface area contributed by atoms with Crippen molar-refractivity contribution < 1.29 is 14.6 Å². The zero-order valence-corrected chi connectivity index (χ0v) is 13.5. The Labute approximate surface area is 139 Å². The second-order valence-electron chi connectivity index (χ2n) is 6.77. The minimum Gasteiger partial charge on any atom is -0.506 e. The second-order valence-corrected chi connectivity index (χ2v) is 6.77. The summed E-state index contributed by atoms with van der Waals surface area (Å²) >= 11 is 0. The fourth-order valence-corrected chi connectivity index (χ4v) is 4.08. The summed E-state index contributed by atoms with van der Waals surface area (Å²) in [7, 11) is 2.11. The number of ether oxygens (including phenoxy) is 1. The number of esters is 1. The molecule has 6 nitrogen and oxygen atoms in total. The van der Waals surface area contributed by atoms with Crippen LogP contribution >= 0.6 is 0 Å². The molecular formula is C18H20N2O4. The molecule has 2 aromatic rings. The van der Waals surface area contributed by atoms with E-state index < -0.39 is 11.5 Å². The van der Waals surface area contributed by atoms with Crippen molar-refractivity contribution in [1.82, 2.24) is 9.88 Å². The number of pyridine rings is 1. The van der Waals surface area contributed by atoms with E-state index in [-0.39, 0.29) is 17.4 Å². The van der Waals surface area contributed by atoms with Crippen LogP contribution in [0, 0.1) is 0 Å².